The van der Waals surface area contributed by atoms with Crippen molar-refractivity contribution in [3.8, 4) is 0 Å². The van der Waals surface area contributed by atoms with Crippen LogP contribution >= 0.6 is 0 Å². The van der Waals surface area contributed by atoms with Crippen LogP contribution in [-0.4, -0.2) is 21.6 Å². The molecule has 0 amide bonds. The van der Waals surface area contributed by atoms with Crippen LogP contribution in [0.2, 0.25) is 0 Å². The molecule has 0 saturated heterocycles. The molecule has 1 aliphatic rings. The topological polar surface area (TPSA) is 57.5 Å². The van der Waals surface area contributed by atoms with Crippen molar-refractivity contribution in [2.45, 2.75) is 12.0 Å². The Morgan fingerprint density at radius 2 is 2.00 bits per heavy atom. The van der Waals surface area contributed by atoms with Crippen LogP contribution in [0, 0.1) is 0 Å². The third-order valence-corrected chi connectivity index (χ3v) is 2.93. The number of rotatable bonds is 3. The summed E-state index contributed by atoms with van der Waals surface area (Å²) < 4.78 is 0. The van der Waals surface area contributed by atoms with Crippen molar-refractivity contribution in [3.05, 3.63) is 72.0 Å². The lowest BCUT2D eigenvalue weighted by Gasteiger charge is -2.24. The minimum atomic E-state index is -1.27. The first-order chi connectivity index (χ1) is 8.56. The molecule has 0 aliphatic heterocycles. The molecule has 1 aliphatic carbocycles. The molecule has 2 rings (SSSR count). The van der Waals surface area contributed by atoms with Gasteiger partial charge in [0, 0.05) is 12.0 Å². The lowest BCUT2D eigenvalue weighted by molar-refractivity contribution is 0.101. The molecule has 0 fully saturated rings. The second kappa shape index (κ2) is 4.63. The third kappa shape index (κ3) is 2.26. The highest BCUT2D eigenvalue weighted by Gasteiger charge is 2.28. The summed E-state index contributed by atoms with van der Waals surface area (Å²) in [6.45, 7) is 3.50. The first-order valence-electron chi connectivity index (χ1n) is 5.63. The molecule has 0 radical (unpaired) electrons. The third-order valence-electron chi connectivity index (χ3n) is 2.93. The van der Waals surface area contributed by atoms with Crippen molar-refractivity contribution >= 4 is 5.78 Å². The number of benzene rings is 1. The molecule has 92 valence electrons. The highest BCUT2D eigenvalue weighted by atomic mass is 16.3. The Morgan fingerprint density at radius 1 is 1.33 bits per heavy atom. The number of aliphatic hydroxyl groups excluding tert-OH is 1. The molecule has 0 spiro atoms. The van der Waals surface area contributed by atoms with Gasteiger partial charge in [0.25, 0.3) is 0 Å². The molecule has 2 N–H and O–H groups in total. The first kappa shape index (κ1) is 12.3. The highest BCUT2D eigenvalue weighted by Crippen LogP contribution is 2.28. The normalized spacial score (nSPS) is 22.9. The minimum Gasteiger partial charge on any atom is -0.511 e. The van der Waals surface area contributed by atoms with E-state index in [9.17, 15) is 15.0 Å². The number of allylic oxidation sites excluding steroid dienone is 2. The van der Waals surface area contributed by atoms with Crippen LogP contribution in [0.4, 0.5) is 0 Å². The lowest BCUT2D eigenvalue weighted by atomic mass is 9.88. The SMILES string of the molecule is C=CC1(O)C=CC(C(=O)c2ccccc2)=C(O)C1. The van der Waals surface area contributed by atoms with Crippen molar-refractivity contribution in [3.63, 3.8) is 0 Å². The van der Waals surface area contributed by atoms with Gasteiger partial charge in [-0.2, -0.15) is 0 Å². The molecule has 1 unspecified atom stereocenters. The fourth-order valence-electron chi connectivity index (χ4n) is 1.84. The smallest absolute Gasteiger partial charge is 0.196 e. The number of Topliss-reactive ketones (excluding diaryl/α,β-unsaturated/α-hetero) is 1. The molecule has 1 atom stereocenters. The van der Waals surface area contributed by atoms with Crippen molar-refractivity contribution in [2.75, 3.05) is 0 Å². The summed E-state index contributed by atoms with van der Waals surface area (Å²) in [7, 11) is 0. The zero-order valence-electron chi connectivity index (χ0n) is 9.84. The quantitative estimate of drug-likeness (QED) is 0.632. The Hall–Kier alpha value is -2.13. The van der Waals surface area contributed by atoms with Gasteiger partial charge in [0.15, 0.2) is 5.78 Å². The minimum absolute atomic E-state index is 0.0269. The van der Waals surface area contributed by atoms with Crippen molar-refractivity contribution in [1.29, 1.82) is 0 Å². The molecule has 0 saturated carbocycles. The molecule has 0 bridgehead atoms. The molecule has 0 heterocycles. The van der Waals surface area contributed by atoms with Gasteiger partial charge in [0.2, 0.25) is 0 Å². The molecule has 3 nitrogen and oxygen atoms in total. The molecule has 1 aromatic rings. The summed E-state index contributed by atoms with van der Waals surface area (Å²) in [6.07, 6.45) is 4.22. The number of carbonyl (C=O) groups is 1. The summed E-state index contributed by atoms with van der Waals surface area (Å²) in [5.74, 6) is -0.371. The van der Waals surface area contributed by atoms with Crippen molar-refractivity contribution in [1.82, 2.24) is 0 Å². The van der Waals surface area contributed by atoms with Crippen molar-refractivity contribution < 1.29 is 15.0 Å². The van der Waals surface area contributed by atoms with Crippen LogP contribution in [0.5, 0.6) is 0 Å². The summed E-state index contributed by atoms with van der Waals surface area (Å²) >= 11 is 0. The Kier molecular flexibility index (Phi) is 3.17. The zero-order chi connectivity index (χ0) is 13.2. The van der Waals surface area contributed by atoms with Crippen molar-refractivity contribution in [2.24, 2.45) is 0 Å². The summed E-state index contributed by atoms with van der Waals surface area (Å²) in [4.78, 5) is 12.1. The van der Waals surface area contributed by atoms with Gasteiger partial charge < -0.3 is 10.2 Å². The van der Waals surface area contributed by atoms with Gasteiger partial charge in [-0.25, -0.2) is 0 Å². The van der Waals surface area contributed by atoms with Crippen LogP contribution in [0.1, 0.15) is 16.8 Å². The number of ketones is 1. The van der Waals surface area contributed by atoms with E-state index < -0.39 is 5.60 Å². The van der Waals surface area contributed by atoms with E-state index in [-0.39, 0.29) is 23.5 Å². The first-order valence-corrected chi connectivity index (χ1v) is 5.63. The Labute approximate surface area is 105 Å². The molecule has 1 aromatic carbocycles. The number of aliphatic hydroxyl groups is 2. The predicted octanol–water partition coefficient (Wildman–Crippen LogP) is 2.56. The Bertz CT molecular complexity index is 540. The maximum atomic E-state index is 12.1. The molecular weight excluding hydrogens is 228 g/mol. The van der Waals surface area contributed by atoms with E-state index in [1.807, 2.05) is 6.07 Å². The van der Waals surface area contributed by atoms with Gasteiger partial charge in [-0.15, -0.1) is 0 Å². The van der Waals surface area contributed by atoms with Gasteiger partial charge in [-0.3, -0.25) is 4.79 Å². The molecular formula is C15H14O3. The lowest BCUT2D eigenvalue weighted by Crippen LogP contribution is -2.27. The Balaban J connectivity index is 2.31. The van der Waals surface area contributed by atoms with E-state index in [1.165, 1.54) is 18.2 Å². The number of hydrogen-bond acceptors (Lipinski definition) is 3. The monoisotopic (exact) mass is 242 g/mol. The van der Waals surface area contributed by atoms with Crippen LogP contribution in [0.3, 0.4) is 0 Å². The molecule has 0 aromatic heterocycles. The zero-order valence-corrected chi connectivity index (χ0v) is 9.84. The second-order valence-corrected chi connectivity index (χ2v) is 4.26. The van der Waals surface area contributed by atoms with Gasteiger partial charge >= 0.3 is 0 Å². The average molecular weight is 242 g/mol. The standard InChI is InChI=1S/C15H14O3/c1-2-15(18)9-8-12(13(16)10-15)14(17)11-6-4-3-5-7-11/h2-9,16,18H,1,10H2. The van der Waals surface area contributed by atoms with E-state index in [1.54, 1.807) is 24.3 Å². The van der Waals surface area contributed by atoms with Gasteiger partial charge in [-0.1, -0.05) is 43.0 Å². The molecule has 18 heavy (non-hydrogen) atoms. The number of carbonyl (C=O) groups excluding carboxylic acids is 1. The van der Waals surface area contributed by atoms with Crippen LogP contribution in [0.15, 0.2) is 66.5 Å². The van der Waals surface area contributed by atoms with Gasteiger partial charge in [-0.05, 0) is 12.2 Å². The maximum Gasteiger partial charge on any atom is 0.196 e. The van der Waals surface area contributed by atoms with Crippen LogP contribution in [-0.2, 0) is 0 Å². The van der Waals surface area contributed by atoms with E-state index >= 15 is 0 Å². The molecule has 3 heteroatoms. The Morgan fingerprint density at radius 3 is 2.56 bits per heavy atom. The summed E-state index contributed by atoms with van der Waals surface area (Å²) in [5.41, 5.74) is -0.551. The van der Waals surface area contributed by atoms with E-state index in [2.05, 4.69) is 6.58 Å². The average Bonchev–Trinajstić information content (AvgIpc) is 2.39. The van der Waals surface area contributed by atoms with E-state index in [4.69, 9.17) is 0 Å². The van der Waals surface area contributed by atoms with E-state index in [0.29, 0.717) is 5.56 Å². The van der Waals surface area contributed by atoms with Gasteiger partial charge in [0.05, 0.1) is 5.57 Å². The summed E-state index contributed by atoms with van der Waals surface area (Å²) in [6, 6.07) is 8.71. The largest absolute Gasteiger partial charge is 0.511 e. The summed E-state index contributed by atoms with van der Waals surface area (Å²) in [5, 5.41) is 19.8. The number of hydrogen-bond donors (Lipinski definition) is 2. The highest BCUT2D eigenvalue weighted by molar-refractivity contribution is 6.11. The maximum absolute atomic E-state index is 12.1. The van der Waals surface area contributed by atoms with Crippen LogP contribution < -0.4 is 0 Å². The van der Waals surface area contributed by atoms with Crippen LogP contribution in [0.25, 0.3) is 0 Å². The van der Waals surface area contributed by atoms with E-state index in [0.717, 1.165) is 0 Å². The fourth-order valence-corrected chi connectivity index (χ4v) is 1.84. The fraction of sp³-hybridized carbons (Fsp3) is 0.133. The predicted molar refractivity (Wildman–Crippen MR) is 69.3 cm³/mol. The second-order valence-electron chi connectivity index (χ2n) is 4.26. The van der Waals surface area contributed by atoms with Gasteiger partial charge in [0.1, 0.15) is 11.4 Å².